The van der Waals surface area contributed by atoms with Gasteiger partial charge < -0.3 is 14.0 Å². The van der Waals surface area contributed by atoms with Crippen molar-refractivity contribution in [3.63, 3.8) is 0 Å². The summed E-state index contributed by atoms with van der Waals surface area (Å²) in [7, 11) is 0. The molecule has 0 saturated carbocycles. The predicted molar refractivity (Wildman–Crippen MR) is 225 cm³/mol. The van der Waals surface area contributed by atoms with Crippen molar-refractivity contribution >= 4 is 40.0 Å². The molecule has 4 rings (SSSR count). The number of hydrogen-bond donors (Lipinski definition) is 0. The molecule has 0 atom stereocenters. The number of unbranched alkanes of at least 4 members (excludes halogenated alkanes) is 15. The molecule has 0 aliphatic heterocycles. The summed E-state index contributed by atoms with van der Waals surface area (Å²) in [6, 6.07) is 18.3. The minimum atomic E-state index is 0.740. The van der Waals surface area contributed by atoms with Gasteiger partial charge in [0.1, 0.15) is 11.5 Å². The Morgan fingerprint density at radius 2 is 1.00 bits per heavy atom. The molecule has 1 aromatic heterocycles. The summed E-state index contributed by atoms with van der Waals surface area (Å²) in [6.07, 6.45) is 31.6. The van der Waals surface area contributed by atoms with Gasteiger partial charge in [-0.2, -0.15) is 0 Å². The van der Waals surface area contributed by atoms with Crippen molar-refractivity contribution in [2.24, 2.45) is 0 Å². The Kier molecular flexibility index (Phi) is 18.3. The number of allylic oxidation sites excluding steroid dienone is 1. The van der Waals surface area contributed by atoms with Gasteiger partial charge >= 0.3 is 0 Å². The standard InChI is InChI=1S/C48H69NO2/c1-6-10-13-16-19-22-32-49-45-35-39(5)26-30-43(45)44-31-28-40(36-46(44)49)27-29-42-38-47(50-33-23-20-17-14-11-7-2)41(25-9-4)37-48(42)51-34-24-21-18-15-12-8-3/h9,25-31,35-38H,6-8,10-24,32-34H2,1-5H3/b25-9+,29-27+. The fourth-order valence-electron chi connectivity index (χ4n) is 7.21. The number of benzene rings is 3. The average Bonchev–Trinajstić information content (AvgIpc) is 3.43. The molecule has 3 heteroatoms. The maximum Gasteiger partial charge on any atom is 0.127 e. The topological polar surface area (TPSA) is 23.4 Å². The third-order valence-electron chi connectivity index (χ3n) is 10.2. The van der Waals surface area contributed by atoms with Crippen molar-refractivity contribution in [1.82, 2.24) is 4.57 Å². The molecule has 0 spiro atoms. The molecule has 0 aliphatic rings. The first-order chi connectivity index (χ1) is 25.1. The second-order valence-electron chi connectivity index (χ2n) is 14.7. The first-order valence-corrected chi connectivity index (χ1v) is 20.9. The SMILES string of the molecule is C/C=C/c1cc(OCCCCCCCC)c(/C=C/c2ccc3c4ccc(C)cc4n(CCCCCCCC)c3c2)cc1OCCCCCCCC. The van der Waals surface area contributed by atoms with E-state index in [-0.39, 0.29) is 0 Å². The highest BCUT2D eigenvalue weighted by Crippen LogP contribution is 2.34. The largest absolute Gasteiger partial charge is 0.493 e. The number of hydrogen-bond acceptors (Lipinski definition) is 2. The van der Waals surface area contributed by atoms with Crippen molar-refractivity contribution < 1.29 is 9.47 Å². The lowest BCUT2D eigenvalue weighted by Gasteiger charge is -2.15. The lowest BCUT2D eigenvalue weighted by Crippen LogP contribution is -2.03. The van der Waals surface area contributed by atoms with E-state index >= 15 is 0 Å². The number of fused-ring (bicyclic) bond motifs is 3. The van der Waals surface area contributed by atoms with E-state index in [9.17, 15) is 0 Å². The molecule has 0 fully saturated rings. The molecule has 278 valence electrons. The van der Waals surface area contributed by atoms with Gasteiger partial charge in [0, 0.05) is 39.5 Å². The molecule has 0 saturated heterocycles. The van der Waals surface area contributed by atoms with E-state index in [1.54, 1.807) is 0 Å². The molecular formula is C48H69NO2. The Labute approximate surface area is 311 Å². The van der Waals surface area contributed by atoms with Gasteiger partial charge in [-0.25, -0.2) is 0 Å². The second-order valence-corrected chi connectivity index (χ2v) is 14.7. The highest BCUT2D eigenvalue weighted by atomic mass is 16.5. The van der Waals surface area contributed by atoms with Crippen molar-refractivity contribution in [3.05, 3.63) is 76.9 Å². The Morgan fingerprint density at radius 1 is 0.510 bits per heavy atom. The van der Waals surface area contributed by atoms with E-state index < -0.39 is 0 Å². The Hall–Kier alpha value is -3.46. The summed E-state index contributed by atoms with van der Waals surface area (Å²) in [6.45, 7) is 13.7. The summed E-state index contributed by atoms with van der Waals surface area (Å²) in [4.78, 5) is 0. The summed E-state index contributed by atoms with van der Waals surface area (Å²) in [5.41, 5.74) is 7.39. The van der Waals surface area contributed by atoms with Crippen LogP contribution >= 0.6 is 0 Å². The van der Waals surface area contributed by atoms with Gasteiger partial charge in [0.25, 0.3) is 0 Å². The normalized spacial score (nSPS) is 11.9. The van der Waals surface area contributed by atoms with Gasteiger partial charge in [0.2, 0.25) is 0 Å². The number of ether oxygens (including phenoxy) is 2. The number of aryl methyl sites for hydroxylation is 2. The summed E-state index contributed by atoms with van der Waals surface area (Å²) in [5, 5.41) is 2.70. The third kappa shape index (κ3) is 12.9. The third-order valence-corrected chi connectivity index (χ3v) is 10.2. The maximum absolute atomic E-state index is 6.53. The number of rotatable bonds is 26. The second kappa shape index (κ2) is 23.2. The van der Waals surface area contributed by atoms with Gasteiger partial charge in [-0.15, -0.1) is 0 Å². The summed E-state index contributed by atoms with van der Waals surface area (Å²) < 4.78 is 15.6. The van der Waals surface area contributed by atoms with Crippen LogP contribution in [0.4, 0.5) is 0 Å². The zero-order valence-electron chi connectivity index (χ0n) is 33.0. The van der Waals surface area contributed by atoms with Crippen LogP contribution in [0.2, 0.25) is 0 Å². The van der Waals surface area contributed by atoms with Crippen molar-refractivity contribution in [3.8, 4) is 11.5 Å². The molecule has 51 heavy (non-hydrogen) atoms. The van der Waals surface area contributed by atoms with Gasteiger partial charge in [0.15, 0.2) is 0 Å². The van der Waals surface area contributed by atoms with Crippen LogP contribution < -0.4 is 9.47 Å². The molecule has 0 amide bonds. The van der Waals surface area contributed by atoms with E-state index in [0.717, 1.165) is 55.2 Å². The maximum atomic E-state index is 6.53. The van der Waals surface area contributed by atoms with Gasteiger partial charge in [-0.3, -0.25) is 0 Å². The monoisotopic (exact) mass is 692 g/mol. The lowest BCUT2D eigenvalue weighted by molar-refractivity contribution is 0.295. The minimum Gasteiger partial charge on any atom is -0.493 e. The van der Waals surface area contributed by atoms with Crippen molar-refractivity contribution in [2.45, 2.75) is 157 Å². The van der Waals surface area contributed by atoms with E-state index in [1.165, 1.54) is 136 Å². The molecule has 1 heterocycles. The van der Waals surface area contributed by atoms with Crippen LogP contribution in [0.5, 0.6) is 11.5 Å². The zero-order valence-corrected chi connectivity index (χ0v) is 33.0. The molecule has 0 radical (unpaired) electrons. The first kappa shape index (κ1) is 40.3. The van der Waals surface area contributed by atoms with Crippen LogP contribution in [-0.4, -0.2) is 17.8 Å². The van der Waals surface area contributed by atoms with E-state index in [1.807, 2.05) is 0 Å². The van der Waals surface area contributed by atoms with Crippen molar-refractivity contribution in [1.29, 1.82) is 0 Å². The quantitative estimate of drug-likeness (QED) is 0.0483. The van der Waals surface area contributed by atoms with Crippen LogP contribution in [0.15, 0.2) is 54.6 Å². The summed E-state index contributed by atoms with van der Waals surface area (Å²) >= 11 is 0. The smallest absolute Gasteiger partial charge is 0.127 e. The van der Waals surface area contributed by atoms with Crippen LogP contribution in [0.3, 0.4) is 0 Å². The van der Waals surface area contributed by atoms with Crippen LogP contribution in [0.1, 0.15) is 166 Å². The molecule has 0 N–H and O–H groups in total. The number of aromatic nitrogens is 1. The average molecular weight is 692 g/mol. The summed E-state index contributed by atoms with van der Waals surface area (Å²) in [5.74, 6) is 1.88. The van der Waals surface area contributed by atoms with E-state index in [4.69, 9.17) is 9.47 Å². The van der Waals surface area contributed by atoms with Gasteiger partial charge in [0.05, 0.1) is 13.2 Å². The molecular weight excluding hydrogens is 623 g/mol. The fourth-order valence-corrected chi connectivity index (χ4v) is 7.21. The Bertz CT molecular complexity index is 1640. The van der Waals surface area contributed by atoms with Crippen LogP contribution in [0.25, 0.3) is 40.0 Å². The van der Waals surface area contributed by atoms with Gasteiger partial charge in [-0.05, 0) is 68.5 Å². The zero-order chi connectivity index (χ0) is 36.1. The highest BCUT2D eigenvalue weighted by molar-refractivity contribution is 6.08. The molecule has 3 nitrogen and oxygen atoms in total. The molecule has 4 aromatic rings. The predicted octanol–water partition coefficient (Wildman–Crippen LogP) is 15.1. The number of nitrogens with zero attached hydrogens (tertiary/aromatic N) is 1. The molecule has 0 bridgehead atoms. The molecule has 0 aliphatic carbocycles. The highest BCUT2D eigenvalue weighted by Gasteiger charge is 2.13. The van der Waals surface area contributed by atoms with Crippen LogP contribution in [-0.2, 0) is 6.54 Å². The Morgan fingerprint density at radius 3 is 1.57 bits per heavy atom. The minimum absolute atomic E-state index is 0.740. The lowest BCUT2D eigenvalue weighted by atomic mass is 10.0. The van der Waals surface area contributed by atoms with Crippen molar-refractivity contribution in [2.75, 3.05) is 13.2 Å². The van der Waals surface area contributed by atoms with E-state index in [2.05, 4.69) is 112 Å². The Balaban J connectivity index is 1.59. The van der Waals surface area contributed by atoms with Crippen LogP contribution in [0, 0.1) is 6.92 Å². The van der Waals surface area contributed by atoms with E-state index in [0.29, 0.717) is 0 Å². The van der Waals surface area contributed by atoms with Gasteiger partial charge in [-0.1, -0.05) is 166 Å². The molecule has 0 unspecified atom stereocenters. The first-order valence-electron chi connectivity index (χ1n) is 20.9. The fraction of sp³-hybridized carbons (Fsp3) is 0.542. The molecule has 3 aromatic carbocycles.